The highest BCUT2D eigenvalue weighted by Crippen LogP contribution is 2.14. The van der Waals surface area contributed by atoms with Crippen molar-refractivity contribution in [2.75, 3.05) is 13.7 Å². The summed E-state index contributed by atoms with van der Waals surface area (Å²) >= 11 is 5.84. The maximum Gasteiger partial charge on any atom is 0.407 e. The van der Waals surface area contributed by atoms with Gasteiger partial charge in [-0.2, -0.15) is 0 Å². The number of nitrogens with zero attached hydrogens (tertiary/aromatic N) is 1. The zero-order valence-electron chi connectivity index (χ0n) is 14.1. The molecule has 7 heteroatoms. The molecule has 0 saturated carbocycles. The molecule has 0 aliphatic rings. The standard InChI is InChI=1S/C19H17ClN2O4/c1-25-18(23)16-11-15(12-22-17(16)20)9-5-6-10-21-19(24)26-13-14-7-3-2-4-8-14/h2-4,7-8,11-12H,6,10,13H2,1H3,(H,21,24). The molecule has 0 fully saturated rings. The monoisotopic (exact) mass is 372 g/mol. The number of nitrogens with one attached hydrogen (secondary N) is 1. The predicted octanol–water partition coefficient (Wildman–Crippen LogP) is 3.19. The summed E-state index contributed by atoms with van der Waals surface area (Å²) in [6, 6.07) is 10.9. The minimum atomic E-state index is -0.575. The third-order valence-corrected chi connectivity index (χ3v) is 3.51. The number of benzene rings is 1. The van der Waals surface area contributed by atoms with Crippen molar-refractivity contribution in [1.82, 2.24) is 10.3 Å². The van der Waals surface area contributed by atoms with E-state index in [0.717, 1.165) is 5.56 Å². The molecule has 0 atom stereocenters. The van der Waals surface area contributed by atoms with Gasteiger partial charge in [-0.05, 0) is 11.6 Å². The molecule has 2 rings (SSSR count). The van der Waals surface area contributed by atoms with E-state index in [2.05, 4.69) is 26.9 Å². The van der Waals surface area contributed by atoms with Gasteiger partial charge >= 0.3 is 12.1 Å². The number of pyridine rings is 1. The lowest BCUT2D eigenvalue weighted by molar-refractivity contribution is 0.0600. The van der Waals surface area contributed by atoms with E-state index in [1.807, 2.05) is 30.3 Å². The number of ether oxygens (including phenoxy) is 2. The summed E-state index contributed by atoms with van der Waals surface area (Å²) in [5.74, 6) is 5.16. The number of amides is 1. The van der Waals surface area contributed by atoms with Crippen molar-refractivity contribution in [3.05, 3.63) is 64.4 Å². The van der Waals surface area contributed by atoms with Crippen molar-refractivity contribution in [1.29, 1.82) is 0 Å². The molecule has 1 aromatic heterocycles. The Labute approximate surface area is 156 Å². The molecule has 0 aliphatic heterocycles. The van der Waals surface area contributed by atoms with Crippen molar-refractivity contribution in [3.63, 3.8) is 0 Å². The van der Waals surface area contributed by atoms with Crippen molar-refractivity contribution < 1.29 is 19.1 Å². The average Bonchev–Trinajstić information content (AvgIpc) is 2.67. The number of carbonyl (C=O) groups excluding carboxylic acids is 2. The van der Waals surface area contributed by atoms with Gasteiger partial charge in [0.2, 0.25) is 0 Å². The molecule has 0 saturated heterocycles. The van der Waals surface area contributed by atoms with Crippen LogP contribution in [0.15, 0.2) is 42.6 Å². The van der Waals surface area contributed by atoms with Crippen LogP contribution in [0.2, 0.25) is 5.15 Å². The van der Waals surface area contributed by atoms with Crippen LogP contribution in [0.1, 0.15) is 27.9 Å². The number of methoxy groups -OCH3 is 1. The number of rotatable bonds is 5. The molecule has 1 amide bonds. The van der Waals surface area contributed by atoms with Crippen LogP contribution in [0.4, 0.5) is 4.79 Å². The van der Waals surface area contributed by atoms with Crippen LogP contribution in [0.25, 0.3) is 0 Å². The summed E-state index contributed by atoms with van der Waals surface area (Å²) in [4.78, 5) is 27.0. The highest BCUT2D eigenvalue weighted by Gasteiger charge is 2.11. The molecule has 134 valence electrons. The summed E-state index contributed by atoms with van der Waals surface area (Å²) in [5, 5.41) is 2.67. The van der Waals surface area contributed by atoms with E-state index in [4.69, 9.17) is 16.3 Å². The fourth-order valence-corrected chi connectivity index (χ4v) is 2.12. The molecular weight excluding hydrogens is 356 g/mol. The molecule has 1 aromatic carbocycles. The second-order valence-electron chi connectivity index (χ2n) is 5.09. The van der Waals surface area contributed by atoms with Crippen LogP contribution < -0.4 is 5.32 Å². The van der Waals surface area contributed by atoms with Crippen LogP contribution in [0.5, 0.6) is 0 Å². The van der Waals surface area contributed by atoms with Gasteiger partial charge in [-0.25, -0.2) is 14.6 Å². The number of alkyl carbamates (subject to hydrolysis) is 1. The zero-order chi connectivity index (χ0) is 18.8. The summed E-state index contributed by atoms with van der Waals surface area (Å²) in [7, 11) is 1.26. The Morgan fingerprint density at radius 1 is 1.27 bits per heavy atom. The Morgan fingerprint density at radius 3 is 2.77 bits per heavy atom. The zero-order valence-corrected chi connectivity index (χ0v) is 14.9. The number of hydrogen-bond acceptors (Lipinski definition) is 5. The van der Waals surface area contributed by atoms with E-state index in [9.17, 15) is 9.59 Å². The molecule has 2 aromatic rings. The molecule has 1 N–H and O–H groups in total. The maximum atomic E-state index is 11.6. The van der Waals surface area contributed by atoms with Crippen LogP contribution in [-0.2, 0) is 16.1 Å². The molecule has 6 nitrogen and oxygen atoms in total. The van der Waals surface area contributed by atoms with Crippen LogP contribution in [0.3, 0.4) is 0 Å². The first kappa shape index (κ1) is 19.3. The third kappa shape index (κ3) is 6.11. The number of halogens is 1. The maximum absolute atomic E-state index is 11.6. The van der Waals surface area contributed by atoms with Crippen molar-refractivity contribution in [3.8, 4) is 11.8 Å². The van der Waals surface area contributed by atoms with E-state index >= 15 is 0 Å². The minimum absolute atomic E-state index is 0.0604. The lowest BCUT2D eigenvalue weighted by Crippen LogP contribution is -2.24. The van der Waals surface area contributed by atoms with Crippen molar-refractivity contribution in [2.24, 2.45) is 0 Å². The lowest BCUT2D eigenvalue weighted by atomic mass is 10.2. The van der Waals surface area contributed by atoms with E-state index < -0.39 is 12.1 Å². The van der Waals surface area contributed by atoms with Gasteiger partial charge in [-0.1, -0.05) is 53.8 Å². The third-order valence-electron chi connectivity index (χ3n) is 3.21. The number of hydrogen-bond donors (Lipinski definition) is 1. The largest absolute Gasteiger partial charge is 0.465 e. The van der Waals surface area contributed by atoms with Gasteiger partial charge in [0, 0.05) is 24.7 Å². The quantitative estimate of drug-likeness (QED) is 0.377. The molecule has 0 spiro atoms. The molecule has 0 aliphatic carbocycles. The van der Waals surface area contributed by atoms with Gasteiger partial charge in [-0.15, -0.1) is 0 Å². The first-order chi connectivity index (χ1) is 12.6. The van der Waals surface area contributed by atoms with Gasteiger partial charge in [0.25, 0.3) is 0 Å². The molecular formula is C19H17ClN2O4. The van der Waals surface area contributed by atoms with Crippen LogP contribution in [-0.4, -0.2) is 30.7 Å². The smallest absolute Gasteiger partial charge is 0.407 e. The fraction of sp³-hybridized carbons (Fsp3) is 0.211. The van der Waals surface area contributed by atoms with Gasteiger partial charge in [-0.3, -0.25) is 0 Å². The fourth-order valence-electron chi connectivity index (χ4n) is 1.94. The van der Waals surface area contributed by atoms with E-state index in [1.54, 1.807) is 0 Å². The van der Waals surface area contributed by atoms with Crippen LogP contribution >= 0.6 is 11.6 Å². The number of esters is 1. The highest BCUT2D eigenvalue weighted by atomic mass is 35.5. The Bertz CT molecular complexity index is 828. The summed E-state index contributed by atoms with van der Waals surface area (Å²) < 4.78 is 9.71. The normalized spacial score (nSPS) is 9.62. The predicted molar refractivity (Wildman–Crippen MR) is 96.7 cm³/mol. The topological polar surface area (TPSA) is 77.5 Å². The number of carbonyl (C=O) groups is 2. The molecule has 26 heavy (non-hydrogen) atoms. The summed E-state index contributed by atoms with van der Waals surface area (Å²) in [5.41, 5.74) is 1.60. The molecule has 0 unspecified atom stereocenters. The number of aromatic nitrogens is 1. The second kappa shape index (κ2) is 10.1. The first-order valence-corrected chi connectivity index (χ1v) is 8.15. The second-order valence-corrected chi connectivity index (χ2v) is 5.45. The molecule has 0 bridgehead atoms. The minimum Gasteiger partial charge on any atom is -0.465 e. The van der Waals surface area contributed by atoms with Gasteiger partial charge < -0.3 is 14.8 Å². The Balaban J connectivity index is 1.76. The van der Waals surface area contributed by atoms with Crippen LogP contribution in [0, 0.1) is 11.8 Å². The average molecular weight is 373 g/mol. The van der Waals surface area contributed by atoms with Gasteiger partial charge in [0.15, 0.2) is 0 Å². The van der Waals surface area contributed by atoms with Gasteiger partial charge in [0.1, 0.15) is 11.8 Å². The first-order valence-electron chi connectivity index (χ1n) is 7.77. The van der Waals surface area contributed by atoms with Gasteiger partial charge in [0.05, 0.1) is 12.7 Å². The molecule has 1 heterocycles. The van der Waals surface area contributed by atoms with E-state index in [-0.39, 0.29) is 17.3 Å². The van der Waals surface area contributed by atoms with Crippen molar-refractivity contribution in [2.45, 2.75) is 13.0 Å². The van der Waals surface area contributed by atoms with E-state index in [1.165, 1.54) is 19.4 Å². The highest BCUT2D eigenvalue weighted by molar-refractivity contribution is 6.32. The SMILES string of the molecule is COC(=O)c1cc(C#CCCNC(=O)OCc2ccccc2)cnc1Cl. The summed E-state index contributed by atoms with van der Waals surface area (Å²) in [6.07, 6.45) is 1.37. The Morgan fingerprint density at radius 2 is 2.04 bits per heavy atom. The Kier molecular flexibility index (Phi) is 7.47. The molecule has 0 radical (unpaired) electrons. The van der Waals surface area contributed by atoms with Crippen molar-refractivity contribution >= 4 is 23.7 Å². The lowest BCUT2D eigenvalue weighted by Gasteiger charge is -2.05. The summed E-state index contributed by atoms with van der Waals surface area (Å²) in [6.45, 7) is 0.552. The Hall–Kier alpha value is -3.04. The van der Waals surface area contributed by atoms with E-state index in [0.29, 0.717) is 18.5 Å².